The smallest absolute Gasteiger partial charge is 0.263 e. The van der Waals surface area contributed by atoms with Crippen LogP contribution < -0.4 is 5.32 Å². The van der Waals surface area contributed by atoms with E-state index in [9.17, 15) is 9.59 Å². The molecule has 0 saturated carbocycles. The molecular formula is C21H28N2O2S2. The Balaban J connectivity index is 1.67. The highest BCUT2D eigenvalue weighted by Gasteiger charge is 2.32. The van der Waals surface area contributed by atoms with Gasteiger partial charge in [-0.1, -0.05) is 38.8 Å². The summed E-state index contributed by atoms with van der Waals surface area (Å²) in [5.41, 5.74) is 0. The van der Waals surface area contributed by atoms with Crippen molar-refractivity contribution in [1.29, 1.82) is 0 Å². The topological polar surface area (TPSA) is 49.4 Å². The van der Waals surface area contributed by atoms with E-state index in [4.69, 9.17) is 0 Å². The average Bonchev–Trinajstić information content (AvgIpc) is 3.41. The molecule has 0 radical (unpaired) electrons. The lowest BCUT2D eigenvalue weighted by atomic mass is 9.91. The standard InChI is InChI=1S/C21H28N2O2S2/c1-3-15(4-2)19(17-9-6-12-26-17)22-20(24)16-8-5-11-23(14-16)21(25)18-10-7-13-27-18/h6-7,9-10,12-13,15-16,19H,3-5,8,11,14H2,1-2H3,(H,22,24). The van der Waals surface area contributed by atoms with E-state index in [2.05, 4.69) is 30.6 Å². The largest absolute Gasteiger partial charge is 0.348 e. The van der Waals surface area contributed by atoms with Gasteiger partial charge < -0.3 is 10.2 Å². The van der Waals surface area contributed by atoms with E-state index in [1.165, 1.54) is 16.2 Å². The molecule has 2 amide bonds. The van der Waals surface area contributed by atoms with E-state index in [1.54, 1.807) is 11.3 Å². The van der Waals surface area contributed by atoms with Crippen LogP contribution in [0.3, 0.4) is 0 Å². The summed E-state index contributed by atoms with van der Waals surface area (Å²) in [6.45, 7) is 5.62. The zero-order valence-electron chi connectivity index (χ0n) is 16.0. The van der Waals surface area contributed by atoms with Gasteiger partial charge in [0.15, 0.2) is 0 Å². The van der Waals surface area contributed by atoms with Crippen LogP contribution in [0, 0.1) is 11.8 Å². The van der Waals surface area contributed by atoms with Gasteiger partial charge in [0.2, 0.25) is 5.91 Å². The Labute approximate surface area is 169 Å². The van der Waals surface area contributed by atoms with Crippen molar-refractivity contribution < 1.29 is 9.59 Å². The number of nitrogens with one attached hydrogen (secondary N) is 1. The molecule has 1 saturated heterocycles. The molecule has 146 valence electrons. The van der Waals surface area contributed by atoms with Crippen LogP contribution in [0.25, 0.3) is 0 Å². The Morgan fingerprint density at radius 3 is 2.56 bits per heavy atom. The van der Waals surface area contributed by atoms with Crippen LogP contribution in [-0.4, -0.2) is 29.8 Å². The van der Waals surface area contributed by atoms with Gasteiger partial charge in [0.1, 0.15) is 0 Å². The second-order valence-electron chi connectivity index (χ2n) is 7.15. The summed E-state index contributed by atoms with van der Waals surface area (Å²) in [5, 5.41) is 7.31. The Kier molecular flexibility index (Phi) is 7.07. The summed E-state index contributed by atoms with van der Waals surface area (Å²) in [4.78, 5) is 29.5. The molecule has 1 aliphatic rings. The summed E-state index contributed by atoms with van der Waals surface area (Å²) >= 11 is 3.17. The van der Waals surface area contributed by atoms with Crippen molar-refractivity contribution in [3.05, 3.63) is 44.8 Å². The molecule has 0 bridgehead atoms. The van der Waals surface area contributed by atoms with Gasteiger partial charge in [-0.2, -0.15) is 0 Å². The number of likely N-dealkylation sites (tertiary alicyclic amines) is 1. The minimum Gasteiger partial charge on any atom is -0.348 e. The van der Waals surface area contributed by atoms with Crippen LogP contribution in [0.5, 0.6) is 0 Å². The van der Waals surface area contributed by atoms with Gasteiger partial charge in [-0.05, 0) is 41.7 Å². The van der Waals surface area contributed by atoms with Crippen molar-refractivity contribution in [2.45, 2.75) is 45.6 Å². The number of amides is 2. The molecule has 4 nitrogen and oxygen atoms in total. The monoisotopic (exact) mass is 404 g/mol. The van der Waals surface area contributed by atoms with Crippen LogP contribution in [0.2, 0.25) is 0 Å². The molecule has 2 aromatic rings. The van der Waals surface area contributed by atoms with Gasteiger partial charge in [0.25, 0.3) is 5.91 Å². The van der Waals surface area contributed by atoms with E-state index >= 15 is 0 Å². The fourth-order valence-electron chi connectivity index (χ4n) is 3.85. The highest BCUT2D eigenvalue weighted by Crippen LogP contribution is 2.31. The molecule has 0 aliphatic carbocycles. The number of hydrogen-bond donors (Lipinski definition) is 1. The molecule has 1 aliphatic heterocycles. The third-order valence-corrected chi connectivity index (χ3v) is 7.29. The maximum absolute atomic E-state index is 13.1. The molecule has 6 heteroatoms. The molecule has 2 atom stereocenters. The van der Waals surface area contributed by atoms with Gasteiger partial charge in [0.05, 0.1) is 16.8 Å². The predicted octanol–water partition coefficient (Wildman–Crippen LogP) is 4.96. The minimum absolute atomic E-state index is 0.0531. The highest BCUT2D eigenvalue weighted by molar-refractivity contribution is 7.12. The minimum atomic E-state index is -0.125. The SMILES string of the molecule is CCC(CC)C(NC(=O)C1CCCN(C(=O)c2cccs2)C1)c1cccs1. The molecule has 2 aromatic heterocycles. The van der Waals surface area contributed by atoms with Crippen LogP contribution in [0.4, 0.5) is 0 Å². The van der Waals surface area contributed by atoms with Gasteiger partial charge >= 0.3 is 0 Å². The molecule has 3 rings (SSSR count). The van der Waals surface area contributed by atoms with Crippen molar-refractivity contribution in [2.75, 3.05) is 13.1 Å². The summed E-state index contributed by atoms with van der Waals surface area (Å²) in [6, 6.07) is 7.98. The summed E-state index contributed by atoms with van der Waals surface area (Å²) in [6.07, 6.45) is 3.80. The van der Waals surface area contributed by atoms with Crippen molar-refractivity contribution in [3.8, 4) is 0 Å². The zero-order valence-corrected chi connectivity index (χ0v) is 17.7. The number of thiophene rings is 2. The first-order chi connectivity index (χ1) is 13.1. The maximum atomic E-state index is 13.1. The lowest BCUT2D eigenvalue weighted by molar-refractivity contribution is -0.127. The van der Waals surface area contributed by atoms with Gasteiger partial charge in [-0.25, -0.2) is 0 Å². The van der Waals surface area contributed by atoms with E-state index < -0.39 is 0 Å². The van der Waals surface area contributed by atoms with Gasteiger partial charge in [-0.3, -0.25) is 9.59 Å². The normalized spacial score (nSPS) is 18.5. The van der Waals surface area contributed by atoms with Crippen molar-refractivity contribution >= 4 is 34.5 Å². The second kappa shape index (κ2) is 9.51. The molecule has 0 spiro atoms. The van der Waals surface area contributed by atoms with Crippen LogP contribution >= 0.6 is 22.7 Å². The van der Waals surface area contributed by atoms with Crippen molar-refractivity contribution in [3.63, 3.8) is 0 Å². The first-order valence-corrected chi connectivity index (χ1v) is 11.6. The number of hydrogen-bond acceptors (Lipinski definition) is 4. The highest BCUT2D eigenvalue weighted by atomic mass is 32.1. The predicted molar refractivity (Wildman–Crippen MR) is 112 cm³/mol. The third-order valence-electron chi connectivity index (χ3n) is 5.48. The average molecular weight is 405 g/mol. The van der Waals surface area contributed by atoms with Crippen LogP contribution in [0.15, 0.2) is 35.0 Å². The van der Waals surface area contributed by atoms with Crippen LogP contribution in [0.1, 0.15) is 60.1 Å². The fourth-order valence-corrected chi connectivity index (χ4v) is 5.41. The number of carbonyl (C=O) groups excluding carboxylic acids is 2. The Morgan fingerprint density at radius 2 is 1.93 bits per heavy atom. The molecule has 2 unspecified atom stereocenters. The summed E-state index contributed by atoms with van der Waals surface area (Å²) in [5.74, 6) is 0.445. The molecule has 27 heavy (non-hydrogen) atoms. The number of rotatable bonds is 7. The number of carbonyl (C=O) groups is 2. The van der Waals surface area contributed by atoms with Gasteiger partial charge in [-0.15, -0.1) is 22.7 Å². The summed E-state index contributed by atoms with van der Waals surface area (Å²) < 4.78 is 0. The molecule has 0 aromatic carbocycles. The van der Waals surface area contributed by atoms with Crippen molar-refractivity contribution in [2.24, 2.45) is 11.8 Å². The molecular weight excluding hydrogens is 376 g/mol. The lowest BCUT2D eigenvalue weighted by Crippen LogP contribution is -2.46. The number of nitrogens with zero attached hydrogens (tertiary/aromatic N) is 1. The molecule has 3 heterocycles. The fraction of sp³-hybridized carbons (Fsp3) is 0.524. The third kappa shape index (κ3) is 4.79. The van der Waals surface area contributed by atoms with E-state index in [-0.39, 0.29) is 23.8 Å². The summed E-state index contributed by atoms with van der Waals surface area (Å²) in [7, 11) is 0. The maximum Gasteiger partial charge on any atom is 0.263 e. The second-order valence-corrected chi connectivity index (χ2v) is 9.07. The Bertz CT molecular complexity index is 723. The number of piperidine rings is 1. The molecule has 1 fully saturated rings. The first kappa shape index (κ1) is 20.1. The Morgan fingerprint density at radius 1 is 1.19 bits per heavy atom. The molecule has 1 N–H and O–H groups in total. The lowest BCUT2D eigenvalue weighted by Gasteiger charge is -2.34. The van der Waals surface area contributed by atoms with Crippen molar-refractivity contribution in [1.82, 2.24) is 10.2 Å². The van der Waals surface area contributed by atoms with Crippen LogP contribution in [-0.2, 0) is 4.79 Å². The van der Waals surface area contributed by atoms with E-state index in [1.807, 2.05) is 28.5 Å². The van der Waals surface area contributed by atoms with E-state index in [0.717, 1.165) is 37.1 Å². The Hall–Kier alpha value is -1.66. The first-order valence-electron chi connectivity index (χ1n) is 9.80. The quantitative estimate of drug-likeness (QED) is 0.709. The zero-order chi connectivity index (χ0) is 19.2. The van der Waals surface area contributed by atoms with E-state index in [0.29, 0.717) is 12.5 Å². The van der Waals surface area contributed by atoms with Gasteiger partial charge in [0, 0.05) is 18.0 Å².